The lowest BCUT2D eigenvalue weighted by atomic mass is 9.91. The van der Waals surface area contributed by atoms with Crippen molar-refractivity contribution in [3.8, 4) is 0 Å². The smallest absolute Gasteiger partial charge is 0.359 e. The van der Waals surface area contributed by atoms with Crippen molar-refractivity contribution in [3.05, 3.63) is 44.8 Å². The van der Waals surface area contributed by atoms with Crippen molar-refractivity contribution in [2.24, 2.45) is 11.8 Å². The number of piperidine rings is 2. The zero-order valence-electron chi connectivity index (χ0n) is 16.1. The molecule has 2 aliphatic heterocycles. The van der Waals surface area contributed by atoms with E-state index in [-0.39, 0.29) is 24.7 Å². The molecule has 1 unspecified atom stereocenters. The topological polar surface area (TPSA) is 83.8 Å². The van der Waals surface area contributed by atoms with Gasteiger partial charge in [-0.25, -0.2) is 9.59 Å². The van der Waals surface area contributed by atoms with Crippen LogP contribution >= 0.6 is 22.7 Å². The first kappa shape index (κ1) is 19.2. The number of hydrogen-bond acceptors (Lipinski definition) is 6. The highest BCUT2D eigenvalue weighted by molar-refractivity contribution is 7.12. The number of fused-ring (bicyclic) bond motifs is 5. The Morgan fingerprint density at radius 3 is 2.10 bits per heavy atom. The van der Waals surface area contributed by atoms with Gasteiger partial charge in [0.05, 0.1) is 28.9 Å². The largest absolute Gasteiger partial charge is 0.477 e. The van der Waals surface area contributed by atoms with Crippen LogP contribution in [0.2, 0.25) is 0 Å². The van der Waals surface area contributed by atoms with Crippen LogP contribution < -0.4 is 0 Å². The van der Waals surface area contributed by atoms with Gasteiger partial charge in [-0.3, -0.25) is 0 Å². The van der Waals surface area contributed by atoms with Gasteiger partial charge in [0.1, 0.15) is 6.10 Å². The number of carboxylic acid groups (broad SMARTS) is 1. The third-order valence-corrected chi connectivity index (χ3v) is 9.16. The fourth-order valence-corrected chi connectivity index (χ4v) is 7.57. The van der Waals surface area contributed by atoms with Crippen molar-refractivity contribution in [2.45, 2.75) is 43.1 Å². The number of hydrogen-bond donors (Lipinski definition) is 2. The average molecular weight is 435 g/mol. The summed E-state index contributed by atoms with van der Waals surface area (Å²) >= 11 is 2.67. The number of nitrogens with zero attached hydrogens (tertiary/aromatic N) is 1. The van der Waals surface area contributed by atoms with Gasteiger partial charge in [0.2, 0.25) is 5.60 Å². The van der Waals surface area contributed by atoms with Gasteiger partial charge in [0, 0.05) is 24.7 Å². The van der Waals surface area contributed by atoms with Crippen molar-refractivity contribution < 1.29 is 29.0 Å². The van der Waals surface area contributed by atoms with E-state index in [2.05, 4.69) is 0 Å². The molecule has 29 heavy (non-hydrogen) atoms. The van der Waals surface area contributed by atoms with E-state index in [4.69, 9.17) is 4.74 Å². The molecule has 0 aromatic carbocycles. The molecule has 2 aromatic heterocycles. The van der Waals surface area contributed by atoms with E-state index in [1.807, 2.05) is 29.9 Å². The molecule has 0 amide bonds. The Bertz CT molecular complexity index is 873. The summed E-state index contributed by atoms with van der Waals surface area (Å²) in [5, 5.41) is 24.5. The Kier molecular flexibility index (Phi) is 4.40. The highest BCUT2D eigenvalue weighted by Gasteiger charge is 2.70. The Morgan fingerprint density at radius 2 is 1.66 bits per heavy atom. The van der Waals surface area contributed by atoms with Crippen LogP contribution in [0.1, 0.15) is 29.0 Å². The van der Waals surface area contributed by atoms with E-state index in [0.29, 0.717) is 38.9 Å². The Balaban J connectivity index is 1.37. The number of aliphatic carboxylic acids is 1. The lowest BCUT2D eigenvalue weighted by Crippen LogP contribution is -2.63. The number of carbonyl (C=O) groups is 2. The number of carbonyl (C=O) groups excluding carboxylic acids is 1. The van der Waals surface area contributed by atoms with E-state index >= 15 is 0 Å². The van der Waals surface area contributed by atoms with Crippen molar-refractivity contribution in [3.63, 3.8) is 0 Å². The third kappa shape index (κ3) is 2.88. The molecule has 3 aliphatic rings. The highest BCUT2D eigenvalue weighted by Crippen LogP contribution is 2.61. The molecular weight excluding hydrogens is 410 g/mol. The Hall–Kier alpha value is -1.74. The monoisotopic (exact) mass is 434 g/mol. The number of carboxylic acids is 1. The number of quaternary nitrogens is 1. The summed E-state index contributed by atoms with van der Waals surface area (Å²) in [5.41, 5.74) is -1.79. The number of esters is 1. The molecule has 8 heteroatoms. The molecule has 6 nitrogen and oxygen atoms in total. The van der Waals surface area contributed by atoms with Gasteiger partial charge in [-0.15, -0.1) is 22.7 Å². The van der Waals surface area contributed by atoms with E-state index in [1.165, 1.54) is 22.7 Å². The van der Waals surface area contributed by atoms with Crippen LogP contribution in [0.15, 0.2) is 35.0 Å². The van der Waals surface area contributed by atoms with Gasteiger partial charge < -0.3 is 19.4 Å². The normalized spacial score (nSPS) is 35.2. The molecule has 0 spiro atoms. The third-order valence-electron chi connectivity index (χ3n) is 7.20. The SMILES string of the molecule is C[N+]1(CC(=O)O)[C@@H]2C[C@@H](OC(=O)C(O)(c3cccs3)c3cccs3)C[C@H]1[C@@H]1C[C@@H]12. The van der Waals surface area contributed by atoms with Gasteiger partial charge >= 0.3 is 11.9 Å². The molecule has 4 heterocycles. The zero-order chi connectivity index (χ0) is 20.4. The molecule has 1 saturated carbocycles. The van der Waals surface area contributed by atoms with Crippen LogP contribution in [0.4, 0.5) is 0 Å². The second kappa shape index (κ2) is 6.63. The van der Waals surface area contributed by atoms with Crippen molar-refractivity contribution >= 4 is 34.6 Å². The predicted molar refractivity (Wildman–Crippen MR) is 109 cm³/mol. The summed E-state index contributed by atoms with van der Waals surface area (Å²) in [4.78, 5) is 25.8. The first-order chi connectivity index (χ1) is 13.8. The van der Waals surface area contributed by atoms with Gasteiger partial charge in [0.25, 0.3) is 0 Å². The average Bonchev–Trinajstić information content (AvgIpc) is 3.03. The van der Waals surface area contributed by atoms with Gasteiger partial charge in [-0.1, -0.05) is 12.1 Å². The first-order valence-electron chi connectivity index (χ1n) is 9.92. The molecule has 5 rings (SSSR count). The maximum absolute atomic E-state index is 13.2. The van der Waals surface area contributed by atoms with Crippen molar-refractivity contribution in [1.29, 1.82) is 0 Å². The number of rotatable bonds is 6. The lowest BCUT2D eigenvalue weighted by Gasteiger charge is -2.48. The summed E-state index contributed by atoms with van der Waals surface area (Å²) in [6.07, 6.45) is 2.21. The molecule has 2 aromatic rings. The maximum Gasteiger partial charge on any atom is 0.359 e. The predicted octanol–water partition coefficient (Wildman–Crippen LogP) is 2.67. The standard InChI is InChI=1S/C21H23NO5S2/c1-22(11-19(23)24)15-8-12(9-16(22)14-10-13(14)15)27-20(25)21(26,17-4-2-6-28-17)18-5-3-7-29-18/h2-7,12-16,26H,8-11H2,1H3/p+1/t12-,13+,14-,15-,16+,22?. The summed E-state index contributed by atoms with van der Waals surface area (Å²) in [6.45, 7) is 0.122. The van der Waals surface area contributed by atoms with Crippen LogP contribution in [0.25, 0.3) is 0 Å². The van der Waals surface area contributed by atoms with E-state index in [1.54, 1.807) is 12.1 Å². The second-order valence-corrected chi connectivity index (χ2v) is 10.7. The molecule has 6 atom stereocenters. The molecule has 2 saturated heterocycles. The Morgan fingerprint density at radius 1 is 1.10 bits per heavy atom. The summed E-state index contributed by atoms with van der Waals surface area (Å²) < 4.78 is 6.47. The van der Waals surface area contributed by atoms with Crippen LogP contribution in [0.5, 0.6) is 0 Å². The first-order valence-corrected chi connectivity index (χ1v) is 11.7. The molecule has 3 fully saturated rings. The maximum atomic E-state index is 13.2. The van der Waals surface area contributed by atoms with E-state index in [0.717, 1.165) is 6.42 Å². The molecule has 154 valence electrons. The molecule has 2 bridgehead atoms. The minimum absolute atomic E-state index is 0.122. The van der Waals surface area contributed by atoms with Crippen LogP contribution in [-0.4, -0.2) is 58.4 Å². The number of thiophene rings is 2. The molecule has 2 N–H and O–H groups in total. The van der Waals surface area contributed by atoms with Crippen LogP contribution in [0.3, 0.4) is 0 Å². The Labute approximate surface area is 176 Å². The lowest BCUT2D eigenvalue weighted by molar-refractivity contribution is -0.948. The number of likely N-dealkylation sites (N-methyl/N-ethyl adjacent to an activating group) is 1. The molecule has 0 radical (unpaired) electrons. The van der Waals surface area contributed by atoms with Crippen molar-refractivity contribution in [1.82, 2.24) is 0 Å². The summed E-state index contributed by atoms with van der Waals surface area (Å²) in [5.74, 6) is -0.318. The minimum atomic E-state index is -1.79. The minimum Gasteiger partial charge on any atom is -0.477 e. The summed E-state index contributed by atoms with van der Waals surface area (Å²) in [6, 6.07) is 7.57. The van der Waals surface area contributed by atoms with Gasteiger partial charge in [-0.05, 0) is 29.3 Å². The number of aliphatic hydroxyl groups is 1. The van der Waals surface area contributed by atoms with Gasteiger partial charge in [0.15, 0.2) is 6.54 Å². The van der Waals surface area contributed by atoms with Crippen LogP contribution in [0, 0.1) is 11.8 Å². The van der Waals surface area contributed by atoms with Gasteiger partial charge in [-0.2, -0.15) is 0 Å². The van der Waals surface area contributed by atoms with E-state index in [9.17, 15) is 19.8 Å². The quantitative estimate of drug-likeness (QED) is 0.540. The summed E-state index contributed by atoms with van der Waals surface area (Å²) in [7, 11) is 2.04. The number of ether oxygens (including phenoxy) is 1. The van der Waals surface area contributed by atoms with E-state index < -0.39 is 17.5 Å². The highest BCUT2D eigenvalue weighted by atomic mass is 32.1. The zero-order valence-corrected chi connectivity index (χ0v) is 17.7. The molecular formula is C21H24NO5S2+. The fourth-order valence-electron chi connectivity index (χ4n) is 5.86. The molecule has 1 aliphatic carbocycles. The van der Waals surface area contributed by atoms with Crippen LogP contribution in [-0.2, 0) is 19.9 Å². The second-order valence-electron chi connectivity index (χ2n) is 8.76. The fraction of sp³-hybridized carbons (Fsp3) is 0.524. The van der Waals surface area contributed by atoms with Crippen molar-refractivity contribution in [2.75, 3.05) is 13.6 Å².